The third kappa shape index (κ3) is 6.10. The predicted octanol–water partition coefficient (Wildman–Crippen LogP) is 1.94. The van der Waals surface area contributed by atoms with E-state index >= 15 is 0 Å². The zero-order valence-electron chi connectivity index (χ0n) is 12.3. The van der Waals surface area contributed by atoms with Crippen LogP contribution in [0.15, 0.2) is 0 Å². The molecule has 1 N–H and O–H groups in total. The molecule has 0 aromatic rings. The topological polar surface area (TPSA) is 18.5 Å². The molecule has 0 amide bonds. The van der Waals surface area contributed by atoms with Crippen LogP contribution in [0.25, 0.3) is 0 Å². The standard InChI is InChI=1S/C13H26F3N3/c1-12(2,18(3)4)9-17-11-5-7-19(8-6-11)10-13(14,15)16/h11,17H,5-10H2,1-4H3. The van der Waals surface area contributed by atoms with Gasteiger partial charge in [-0.05, 0) is 53.9 Å². The van der Waals surface area contributed by atoms with Gasteiger partial charge < -0.3 is 10.2 Å². The minimum atomic E-state index is -4.08. The van der Waals surface area contributed by atoms with E-state index in [1.807, 2.05) is 14.1 Å². The molecule has 1 fully saturated rings. The number of nitrogens with zero attached hydrogens (tertiary/aromatic N) is 2. The summed E-state index contributed by atoms with van der Waals surface area (Å²) in [5, 5.41) is 3.48. The highest BCUT2D eigenvalue weighted by Crippen LogP contribution is 2.20. The number of hydrogen-bond donors (Lipinski definition) is 1. The quantitative estimate of drug-likeness (QED) is 0.831. The summed E-state index contributed by atoms with van der Waals surface area (Å²) in [4.78, 5) is 3.65. The Balaban J connectivity index is 2.27. The van der Waals surface area contributed by atoms with E-state index in [0.717, 1.165) is 19.4 Å². The molecule has 0 aromatic heterocycles. The van der Waals surface area contributed by atoms with Gasteiger partial charge >= 0.3 is 6.18 Å². The van der Waals surface area contributed by atoms with Crippen LogP contribution in [0.4, 0.5) is 13.2 Å². The van der Waals surface area contributed by atoms with Crippen molar-refractivity contribution in [1.82, 2.24) is 15.1 Å². The summed E-state index contributed by atoms with van der Waals surface area (Å²) in [6.07, 6.45) is -2.49. The van der Waals surface area contributed by atoms with Crippen molar-refractivity contribution in [3.8, 4) is 0 Å². The highest BCUT2D eigenvalue weighted by molar-refractivity contribution is 4.84. The number of nitrogens with one attached hydrogen (secondary N) is 1. The molecule has 0 atom stereocenters. The minimum absolute atomic E-state index is 0.0586. The van der Waals surface area contributed by atoms with E-state index in [9.17, 15) is 13.2 Å². The Bertz CT molecular complexity index is 269. The second-order valence-electron chi connectivity index (χ2n) is 6.25. The number of halogens is 3. The van der Waals surface area contributed by atoms with Crippen LogP contribution < -0.4 is 5.32 Å². The van der Waals surface area contributed by atoms with Gasteiger partial charge in [0.25, 0.3) is 0 Å². The number of hydrogen-bond acceptors (Lipinski definition) is 3. The van der Waals surface area contributed by atoms with Crippen LogP contribution in [0, 0.1) is 0 Å². The van der Waals surface area contributed by atoms with E-state index in [4.69, 9.17) is 0 Å². The first-order chi connectivity index (χ1) is 8.60. The number of likely N-dealkylation sites (tertiary alicyclic amines) is 1. The van der Waals surface area contributed by atoms with Gasteiger partial charge in [0.15, 0.2) is 0 Å². The molecule has 0 aliphatic carbocycles. The first-order valence-corrected chi connectivity index (χ1v) is 6.80. The van der Waals surface area contributed by atoms with Crippen molar-refractivity contribution in [3.05, 3.63) is 0 Å². The van der Waals surface area contributed by atoms with Crippen molar-refractivity contribution in [2.45, 2.75) is 44.4 Å². The number of alkyl halides is 3. The molecule has 1 aliphatic heterocycles. The molecular formula is C13H26F3N3. The van der Waals surface area contributed by atoms with Gasteiger partial charge in [-0.15, -0.1) is 0 Å². The molecular weight excluding hydrogens is 255 g/mol. The number of likely N-dealkylation sites (N-methyl/N-ethyl adjacent to an activating group) is 1. The summed E-state index contributed by atoms with van der Waals surface area (Å²) in [7, 11) is 4.07. The molecule has 1 heterocycles. The van der Waals surface area contributed by atoms with E-state index in [1.54, 1.807) is 0 Å². The van der Waals surface area contributed by atoms with Crippen LogP contribution >= 0.6 is 0 Å². The first kappa shape index (κ1) is 16.7. The van der Waals surface area contributed by atoms with Gasteiger partial charge in [-0.1, -0.05) is 0 Å². The molecule has 19 heavy (non-hydrogen) atoms. The molecule has 3 nitrogen and oxygen atoms in total. The lowest BCUT2D eigenvalue weighted by Gasteiger charge is -2.37. The van der Waals surface area contributed by atoms with Crippen LogP contribution in [-0.4, -0.2) is 67.8 Å². The summed E-state index contributed by atoms with van der Waals surface area (Å²) in [5.41, 5.74) is 0.0586. The Hall–Kier alpha value is -0.330. The van der Waals surface area contributed by atoms with Gasteiger partial charge in [-0.25, -0.2) is 0 Å². The van der Waals surface area contributed by atoms with Crippen LogP contribution in [0.1, 0.15) is 26.7 Å². The monoisotopic (exact) mass is 281 g/mol. The second-order valence-corrected chi connectivity index (χ2v) is 6.25. The van der Waals surface area contributed by atoms with Crippen LogP contribution in [-0.2, 0) is 0 Å². The largest absolute Gasteiger partial charge is 0.401 e. The van der Waals surface area contributed by atoms with Crippen LogP contribution in [0.5, 0.6) is 0 Å². The Labute approximate surface area is 114 Å². The molecule has 0 bridgehead atoms. The Morgan fingerprint density at radius 2 is 1.68 bits per heavy atom. The zero-order chi connectivity index (χ0) is 14.7. The Morgan fingerprint density at radius 3 is 2.11 bits per heavy atom. The highest BCUT2D eigenvalue weighted by Gasteiger charge is 2.32. The molecule has 114 valence electrons. The predicted molar refractivity (Wildman–Crippen MR) is 71.3 cm³/mol. The fourth-order valence-corrected chi connectivity index (χ4v) is 2.10. The summed E-state index contributed by atoms with van der Waals surface area (Å²) in [6.45, 7) is 5.43. The maximum absolute atomic E-state index is 12.3. The summed E-state index contributed by atoms with van der Waals surface area (Å²) >= 11 is 0. The maximum atomic E-state index is 12.3. The summed E-state index contributed by atoms with van der Waals surface area (Å²) in [6, 6.07) is 0.337. The fraction of sp³-hybridized carbons (Fsp3) is 1.00. The SMILES string of the molecule is CN(C)C(C)(C)CNC1CCN(CC(F)(F)F)CC1. The van der Waals surface area contributed by atoms with Crippen molar-refractivity contribution >= 4 is 0 Å². The molecule has 0 saturated carbocycles. The summed E-state index contributed by atoms with van der Waals surface area (Å²) < 4.78 is 36.8. The van der Waals surface area contributed by atoms with E-state index in [-0.39, 0.29) is 5.54 Å². The smallest absolute Gasteiger partial charge is 0.312 e. The maximum Gasteiger partial charge on any atom is 0.401 e. The van der Waals surface area contributed by atoms with Gasteiger partial charge in [0.2, 0.25) is 0 Å². The third-order valence-electron chi connectivity index (χ3n) is 4.02. The van der Waals surface area contributed by atoms with Crippen molar-refractivity contribution in [2.75, 3.05) is 40.3 Å². The molecule has 1 rings (SSSR count). The van der Waals surface area contributed by atoms with E-state index in [1.165, 1.54) is 4.90 Å². The van der Waals surface area contributed by atoms with Gasteiger partial charge in [-0.3, -0.25) is 4.90 Å². The van der Waals surface area contributed by atoms with E-state index in [2.05, 4.69) is 24.1 Å². The minimum Gasteiger partial charge on any atom is -0.312 e. The molecule has 0 radical (unpaired) electrons. The van der Waals surface area contributed by atoms with Crippen LogP contribution in [0.2, 0.25) is 0 Å². The van der Waals surface area contributed by atoms with Crippen LogP contribution in [0.3, 0.4) is 0 Å². The highest BCUT2D eigenvalue weighted by atomic mass is 19.4. The lowest BCUT2D eigenvalue weighted by Crippen LogP contribution is -2.52. The lowest BCUT2D eigenvalue weighted by molar-refractivity contribution is -0.148. The van der Waals surface area contributed by atoms with Crippen molar-refractivity contribution in [1.29, 1.82) is 0 Å². The Morgan fingerprint density at radius 1 is 1.16 bits per heavy atom. The van der Waals surface area contributed by atoms with Gasteiger partial charge in [0, 0.05) is 18.1 Å². The average Bonchev–Trinajstić information content (AvgIpc) is 2.26. The van der Waals surface area contributed by atoms with Crippen molar-refractivity contribution < 1.29 is 13.2 Å². The lowest BCUT2D eigenvalue weighted by atomic mass is 10.0. The average molecular weight is 281 g/mol. The zero-order valence-corrected chi connectivity index (χ0v) is 12.3. The van der Waals surface area contributed by atoms with E-state index in [0.29, 0.717) is 19.1 Å². The molecule has 0 spiro atoms. The molecule has 1 aliphatic rings. The van der Waals surface area contributed by atoms with Crippen molar-refractivity contribution in [3.63, 3.8) is 0 Å². The molecule has 6 heteroatoms. The fourth-order valence-electron chi connectivity index (χ4n) is 2.10. The van der Waals surface area contributed by atoms with Gasteiger partial charge in [-0.2, -0.15) is 13.2 Å². The molecule has 0 unspecified atom stereocenters. The third-order valence-corrected chi connectivity index (χ3v) is 4.02. The summed E-state index contributed by atoms with van der Waals surface area (Å²) in [5.74, 6) is 0. The second kappa shape index (κ2) is 6.41. The van der Waals surface area contributed by atoms with Gasteiger partial charge in [0.1, 0.15) is 0 Å². The van der Waals surface area contributed by atoms with Crippen molar-refractivity contribution in [2.24, 2.45) is 0 Å². The number of piperidine rings is 1. The molecule has 1 saturated heterocycles. The van der Waals surface area contributed by atoms with E-state index < -0.39 is 12.7 Å². The Kier molecular flexibility index (Phi) is 5.65. The van der Waals surface area contributed by atoms with Gasteiger partial charge in [0.05, 0.1) is 6.54 Å². The molecule has 0 aromatic carbocycles. The first-order valence-electron chi connectivity index (χ1n) is 6.80. The number of rotatable bonds is 5. The normalized spacial score (nSPS) is 20.2.